The second-order valence-electron chi connectivity index (χ2n) is 5.24. The fourth-order valence-corrected chi connectivity index (χ4v) is 2.29. The van der Waals surface area contributed by atoms with E-state index >= 15 is 0 Å². The standard InChI is InChI=1S/C19H19NO5/c1-12-9-14(24-2)10-17(25-3)15(12)11-16(19(22)23)20-18(21)13-7-5-4-6-8-13/h4-11H,1-3H3,(H,20,21)(H,22,23). The van der Waals surface area contributed by atoms with Crippen LogP contribution < -0.4 is 14.8 Å². The van der Waals surface area contributed by atoms with E-state index in [1.165, 1.54) is 20.3 Å². The van der Waals surface area contributed by atoms with Crippen LogP contribution in [0.3, 0.4) is 0 Å². The van der Waals surface area contributed by atoms with Crippen LogP contribution in [0.2, 0.25) is 0 Å². The molecule has 6 nitrogen and oxygen atoms in total. The van der Waals surface area contributed by atoms with Crippen LogP contribution >= 0.6 is 0 Å². The maximum Gasteiger partial charge on any atom is 0.352 e. The molecule has 0 unspecified atom stereocenters. The molecule has 0 fully saturated rings. The number of ether oxygens (including phenoxy) is 2. The number of carbonyl (C=O) groups is 2. The number of methoxy groups -OCH3 is 2. The number of aliphatic carboxylic acids is 1. The second-order valence-corrected chi connectivity index (χ2v) is 5.24. The molecule has 6 heteroatoms. The molecule has 0 atom stereocenters. The van der Waals surface area contributed by atoms with Crippen molar-refractivity contribution >= 4 is 18.0 Å². The van der Waals surface area contributed by atoms with Crippen molar-refractivity contribution in [1.82, 2.24) is 5.32 Å². The average molecular weight is 341 g/mol. The van der Waals surface area contributed by atoms with E-state index in [1.807, 2.05) is 0 Å². The van der Waals surface area contributed by atoms with E-state index in [2.05, 4.69) is 5.32 Å². The summed E-state index contributed by atoms with van der Waals surface area (Å²) in [7, 11) is 3.01. The maximum absolute atomic E-state index is 12.2. The Kier molecular flexibility index (Phi) is 5.79. The Morgan fingerprint density at radius 3 is 2.32 bits per heavy atom. The van der Waals surface area contributed by atoms with Crippen molar-refractivity contribution in [2.24, 2.45) is 0 Å². The highest BCUT2D eigenvalue weighted by molar-refractivity contribution is 6.03. The third kappa shape index (κ3) is 4.38. The van der Waals surface area contributed by atoms with E-state index in [1.54, 1.807) is 49.4 Å². The zero-order valence-electron chi connectivity index (χ0n) is 14.2. The van der Waals surface area contributed by atoms with E-state index in [9.17, 15) is 14.7 Å². The summed E-state index contributed by atoms with van der Waals surface area (Å²) >= 11 is 0. The van der Waals surface area contributed by atoms with Gasteiger partial charge in [0.15, 0.2) is 0 Å². The Morgan fingerprint density at radius 2 is 1.76 bits per heavy atom. The minimum Gasteiger partial charge on any atom is -0.497 e. The van der Waals surface area contributed by atoms with Crippen LogP contribution in [-0.4, -0.2) is 31.2 Å². The topological polar surface area (TPSA) is 84.9 Å². The quantitative estimate of drug-likeness (QED) is 0.789. The molecule has 2 aromatic carbocycles. The Bertz CT molecular complexity index is 812. The van der Waals surface area contributed by atoms with Gasteiger partial charge in [-0.3, -0.25) is 4.79 Å². The van der Waals surface area contributed by atoms with E-state index in [0.29, 0.717) is 22.6 Å². The Labute approximate surface area is 145 Å². The average Bonchev–Trinajstić information content (AvgIpc) is 2.62. The number of carboxylic acids is 1. The van der Waals surface area contributed by atoms with Crippen molar-refractivity contribution in [3.05, 3.63) is 64.9 Å². The number of rotatable bonds is 6. The highest BCUT2D eigenvalue weighted by atomic mass is 16.5. The molecule has 2 rings (SSSR count). The first-order valence-corrected chi connectivity index (χ1v) is 7.50. The first-order chi connectivity index (χ1) is 12.0. The zero-order chi connectivity index (χ0) is 18.4. The summed E-state index contributed by atoms with van der Waals surface area (Å²) in [6, 6.07) is 11.8. The Hall–Kier alpha value is -3.28. The van der Waals surface area contributed by atoms with Gasteiger partial charge in [0.25, 0.3) is 5.91 Å². The molecule has 0 radical (unpaired) electrons. The van der Waals surface area contributed by atoms with Crippen LogP contribution in [0.25, 0.3) is 6.08 Å². The van der Waals surface area contributed by atoms with Crippen LogP contribution in [0.5, 0.6) is 11.5 Å². The van der Waals surface area contributed by atoms with E-state index in [4.69, 9.17) is 9.47 Å². The molecular weight excluding hydrogens is 322 g/mol. The van der Waals surface area contributed by atoms with Crippen molar-refractivity contribution in [3.63, 3.8) is 0 Å². The Morgan fingerprint density at radius 1 is 1.08 bits per heavy atom. The molecule has 130 valence electrons. The third-order valence-electron chi connectivity index (χ3n) is 3.58. The fourth-order valence-electron chi connectivity index (χ4n) is 2.29. The summed E-state index contributed by atoms with van der Waals surface area (Å²) in [5, 5.41) is 11.9. The van der Waals surface area contributed by atoms with Gasteiger partial charge in [0, 0.05) is 17.2 Å². The summed E-state index contributed by atoms with van der Waals surface area (Å²) in [4.78, 5) is 23.8. The molecular formula is C19H19NO5. The van der Waals surface area contributed by atoms with Crippen molar-refractivity contribution in [3.8, 4) is 11.5 Å². The summed E-state index contributed by atoms with van der Waals surface area (Å²) in [5.41, 5.74) is 1.42. The maximum atomic E-state index is 12.2. The number of hydrogen-bond donors (Lipinski definition) is 2. The first kappa shape index (κ1) is 18.1. The van der Waals surface area contributed by atoms with Gasteiger partial charge in [-0.2, -0.15) is 0 Å². The molecule has 1 amide bonds. The largest absolute Gasteiger partial charge is 0.497 e. The van der Waals surface area contributed by atoms with Gasteiger partial charge in [-0.15, -0.1) is 0 Å². The minimum absolute atomic E-state index is 0.250. The molecule has 0 bridgehead atoms. The van der Waals surface area contributed by atoms with Crippen LogP contribution in [-0.2, 0) is 4.79 Å². The van der Waals surface area contributed by atoms with Crippen LogP contribution in [0.4, 0.5) is 0 Å². The molecule has 2 aromatic rings. The number of nitrogens with one attached hydrogen (secondary N) is 1. The van der Waals surface area contributed by atoms with E-state index in [0.717, 1.165) is 5.56 Å². The first-order valence-electron chi connectivity index (χ1n) is 7.50. The molecule has 0 aliphatic rings. The fraction of sp³-hybridized carbons (Fsp3) is 0.158. The molecule has 25 heavy (non-hydrogen) atoms. The molecule has 2 N–H and O–H groups in total. The summed E-state index contributed by atoms with van der Waals surface area (Å²) < 4.78 is 10.5. The van der Waals surface area contributed by atoms with Crippen molar-refractivity contribution < 1.29 is 24.2 Å². The van der Waals surface area contributed by atoms with Gasteiger partial charge in [-0.25, -0.2) is 4.79 Å². The monoisotopic (exact) mass is 341 g/mol. The van der Waals surface area contributed by atoms with Crippen LogP contribution in [0, 0.1) is 6.92 Å². The van der Waals surface area contributed by atoms with Crippen LogP contribution in [0.15, 0.2) is 48.2 Å². The van der Waals surface area contributed by atoms with Gasteiger partial charge < -0.3 is 19.9 Å². The van der Waals surface area contributed by atoms with Crippen molar-refractivity contribution in [1.29, 1.82) is 0 Å². The molecule has 0 heterocycles. The van der Waals surface area contributed by atoms with Crippen molar-refractivity contribution in [2.45, 2.75) is 6.92 Å². The van der Waals surface area contributed by atoms with Crippen LogP contribution in [0.1, 0.15) is 21.5 Å². The minimum atomic E-state index is -1.25. The predicted octanol–water partition coefficient (Wildman–Crippen LogP) is 2.87. The molecule has 0 saturated carbocycles. The third-order valence-corrected chi connectivity index (χ3v) is 3.58. The lowest BCUT2D eigenvalue weighted by molar-refractivity contribution is -0.132. The van der Waals surface area contributed by atoms with Gasteiger partial charge in [0.05, 0.1) is 14.2 Å². The number of benzene rings is 2. The number of carbonyl (C=O) groups excluding carboxylic acids is 1. The van der Waals surface area contributed by atoms with E-state index in [-0.39, 0.29) is 5.70 Å². The molecule has 0 aromatic heterocycles. The highest BCUT2D eigenvalue weighted by Crippen LogP contribution is 2.30. The van der Waals surface area contributed by atoms with Crippen molar-refractivity contribution in [2.75, 3.05) is 14.2 Å². The molecule has 0 aliphatic heterocycles. The number of carboxylic acid groups (broad SMARTS) is 1. The van der Waals surface area contributed by atoms with Gasteiger partial charge >= 0.3 is 5.97 Å². The number of hydrogen-bond acceptors (Lipinski definition) is 4. The van der Waals surface area contributed by atoms with Gasteiger partial charge in [0.1, 0.15) is 17.2 Å². The lowest BCUT2D eigenvalue weighted by atomic mass is 10.1. The summed E-state index contributed by atoms with van der Waals surface area (Å²) in [6.45, 7) is 1.80. The molecule has 0 aliphatic carbocycles. The number of aryl methyl sites for hydroxylation is 1. The SMILES string of the molecule is COc1cc(C)c(C=C(NC(=O)c2ccccc2)C(=O)O)c(OC)c1. The Balaban J connectivity index is 2.41. The second kappa shape index (κ2) is 8.01. The lowest BCUT2D eigenvalue weighted by Gasteiger charge is -2.12. The zero-order valence-corrected chi connectivity index (χ0v) is 14.2. The summed E-state index contributed by atoms with van der Waals surface area (Å²) in [6.07, 6.45) is 1.37. The highest BCUT2D eigenvalue weighted by Gasteiger charge is 2.16. The van der Waals surface area contributed by atoms with E-state index < -0.39 is 11.9 Å². The molecule has 0 spiro atoms. The lowest BCUT2D eigenvalue weighted by Crippen LogP contribution is -2.27. The smallest absolute Gasteiger partial charge is 0.352 e. The molecule has 0 saturated heterocycles. The van der Waals surface area contributed by atoms with Gasteiger partial charge in [0.2, 0.25) is 0 Å². The predicted molar refractivity (Wildman–Crippen MR) is 93.8 cm³/mol. The normalized spacial score (nSPS) is 10.9. The summed E-state index contributed by atoms with van der Waals surface area (Å²) in [5.74, 6) is -0.706. The number of amides is 1. The van der Waals surface area contributed by atoms with Gasteiger partial charge in [-0.05, 0) is 36.8 Å². The van der Waals surface area contributed by atoms with Gasteiger partial charge in [-0.1, -0.05) is 18.2 Å².